The van der Waals surface area contributed by atoms with Crippen molar-refractivity contribution in [2.75, 3.05) is 6.61 Å². The van der Waals surface area contributed by atoms with Gasteiger partial charge in [0.15, 0.2) is 5.78 Å². The smallest absolute Gasteiger partial charge is 0.317 e. The molecule has 1 amide bonds. The Morgan fingerprint density at radius 1 is 1.21 bits per heavy atom. The Balaban J connectivity index is 1.80. The number of carbonyl (C=O) groups is 3. The minimum Gasteiger partial charge on any atom is -0.469 e. The van der Waals surface area contributed by atoms with Crippen LogP contribution in [0.25, 0.3) is 0 Å². The number of nitrogens with one attached hydrogen (secondary N) is 1. The number of amides is 1. The summed E-state index contributed by atoms with van der Waals surface area (Å²) < 4.78 is 24.0. The van der Waals surface area contributed by atoms with Crippen molar-refractivity contribution in [2.24, 2.45) is 5.92 Å². The molecule has 1 aromatic heterocycles. The van der Waals surface area contributed by atoms with E-state index in [1.54, 1.807) is 31.2 Å². The molecular weight excluding hydrogens is 377 g/mol. The molecule has 0 saturated carbocycles. The van der Waals surface area contributed by atoms with Gasteiger partial charge in [-0.05, 0) is 43.2 Å². The lowest BCUT2D eigenvalue weighted by molar-refractivity contribution is -0.152. The zero-order valence-corrected chi connectivity index (χ0v) is 15.8. The monoisotopic (exact) mass is 397 g/mol. The van der Waals surface area contributed by atoms with Gasteiger partial charge in [-0.15, -0.1) is 0 Å². The lowest BCUT2D eigenvalue weighted by Gasteiger charge is -2.37. The van der Waals surface area contributed by atoms with E-state index >= 15 is 0 Å². The SMILES string of the molecule is CCOC(=O)[C@@H]1C(=O)C2=C(C[C@@H]1c1ccco1)NC(=O)C[C@@H]2c1ccc(F)cc1. The number of rotatable bonds is 4. The van der Waals surface area contributed by atoms with Crippen LogP contribution in [0.15, 0.2) is 58.3 Å². The van der Waals surface area contributed by atoms with E-state index in [9.17, 15) is 18.8 Å². The van der Waals surface area contributed by atoms with Crippen molar-refractivity contribution >= 4 is 17.7 Å². The number of furan rings is 1. The van der Waals surface area contributed by atoms with Crippen LogP contribution in [0.3, 0.4) is 0 Å². The molecule has 2 aromatic rings. The quantitative estimate of drug-likeness (QED) is 0.633. The predicted molar refractivity (Wildman–Crippen MR) is 100 cm³/mol. The average molecular weight is 397 g/mol. The molecule has 0 fully saturated rings. The maximum absolute atomic E-state index is 13.5. The fourth-order valence-electron chi connectivity index (χ4n) is 4.20. The highest BCUT2D eigenvalue weighted by molar-refractivity contribution is 6.12. The summed E-state index contributed by atoms with van der Waals surface area (Å²) in [5, 5.41) is 2.80. The summed E-state index contributed by atoms with van der Waals surface area (Å²) in [6.07, 6.45) is 1.80. The van der Waals surface area contributed by atoms with Crippen molar-refractivity contribution in [1.29, 1.82) is 0 Å². The number of esters is 1. The molecule has 4 rings (SSSR count). The molecule has 29 heavy (non-hydrogen) atoms. The molecule has 0 radical (unpaired) electrons. The molecular formula is C22H20FNO5. The first-order chi connectivity index (χ1) is 14.0. The third-order valence-electron chi connectivity index (χ3n) is 5.45. The van der Waals surface area contributed by atoms with Gasteiger partial charge in [0.2, 0.25) is 5.91 Å². The Hall–Kier alpha value is -3.22. The van der Waals surface area contributed by atoms with Crippen molar-refractivity contribution in [2.45, 2.75) is 31.6 Å². The van der Waals surface area contributed by atoms with Crippen LogP contribution in [-0.4, -0.2) is 24.3 Å². The lowest BCUT2D eigenvalue weighted by Crippen LogP contribution is -2.44. The van der Waals surface area contributed by atoms with Crippen LogP contribution in [-0.2, 0) is 19.1 Å². The molecule has 1 aliphatic carbocycles. The minimum absolute atomic E-state index is 0.0527. The largest absolute Gasteiger partial charge is 0.469 e. The molecule has 150 valence electrons. The second-order valence-electron chi connectivity index (χ2n) is 7.17. The molecule has 1 aromatic carbocycles. The second-order valence-corrected chi connectivity index (χ2v) is 7.17. The van der Waals surface area contributed by atoms with Gasteiger partial charge < -0.3 is 14.5 Å². The van der Waals surface area contributed by atoms with Gasteiger partial charge in [0, 0.05) is 29.5 Å². The van der Waals surface area contributed by atoms with Gasteiger partial charge in [-0.1, -0.05) is 12.1 Å². The van der Waals surface area contributed by atoms with Gasteiger partial charge in [-0.2, -0.15) is 0 Å². The van der Waals surface area contributed by atoms with Crippen LogP contribution >= 0.6 is 0 Å². The van der Waals surface area contributed by atoms with Crippen LogP contribution in [0, 0.1) is 11.7 Å². The van der Waals surface area contributed by atoms with Gasteiger partial charge in [0.05, 0.1) is 12.9 Å². The number of halogens is 1. The number of hydrogen-bond acceptors (Lipinski definition) is 5. The first-order valence-electron chi connectivity index (χ1n) is 9.52. The van der Waals surface area contributed by atoms with E-state index in [0.29, 0.717) is 22.6 Å². The van der Waals surface area contributed by atoms with Crippen molar-refractivity contribution in [3.8, 4) is 0 Å². The van der Waals surface area contributed by atoms with E-state index in [1.165, 1.54) is 18.4 Å². The number of ether oxygens (including phenoxy) is 1. The summed E-state index contributed by atoms with van der Waals surface area (Å²) in [4.78, 5) is 38.6. The topological polar surface area (TPSA) is 85.6 Å². The van der Waals surface area contributed by atoms with Gasteiger partial charge in [0.25, 0.3) is 0 Å². The Bertz CT molecular complexity index is 977. The fraction of sp³-hybridized carbons (Fsp3) is 0.318. The zero-order chi connectivity index (χ0) is 20.5. The second kappa shape index (κ2) is 7.66. The van der Waals surface area contributed by atoms with Crippen molar-refractivity contribution < 1.29 is 27.9 Å². The van der Waals surface area contributed by atoms with Crippen molar-refractivity contribution in [3.63, 3.8) is 0 Å². The third-order valence-corrected chi connectivity index (χ3v) is 5.45. The zero-order valence-electron chi connectivity index (χ0n) is 15.8. The molecule has 3 atom stereocenters. The van der Waals surface area contributed by atoms with E-state index in [4.69, 9.17) is 9.15 Å². The standard InChI is InChI=1S/C22H20FNO5/c1-2-28-22(27)20-15(17-4-3-9-29-17)10-16-19(21(20)26)14(11-18(25)24-16)12-5-7-13(23)8-6-12/h3-9,14-15,20H,2,10-11H2,1H3,(H,24,25)/t14-,15-,20+/m1/s1. The number of benzene rings is 1. The number of allylic oxidation sites excluding steroid dienone is 2. The van der Waals surface area contributed by atoms with Gasteiger partial charge in [-0.25, -0.2) is 4.39 Å². The highest BCUT2D eigenvalue weighted by Gasteiger charge is 2.48. The van der Waals surface area contributed by atoms with E-state index in [2.05, 4.69) is 5.32 Å². The molecule has 1 N–H and O–H groups in total. The summed E-state index contributed by atoms with van der Waals surface area (Å²) in [5.74, 6) is -3.30. The molecule has 1 aliphatic heterocycles. The fourth-order valence-corrected chi connectivity index (χ4v) is 4.20. The first-order valence-corrected chi connectivity index (χ1v) is 9.52. The lowest BCUT2D eigenvalue weighted by atomic mass is 9.69. The van der Waals surface area contributed by atoms with Crippen LogP contribution in [0.1, 0.15) is 42.9 Å². The normalized spacial score (nSPS) is 24.1. The third kappa shape index (κ3) is 3.48. The number of ketones is 1. The molecule has 0 bridgehead atoms. The van der Waals surface area contributed by atoms with E-state index < -0.39 is 29.5 Å². The maximum Gasteiger partial charge on any atom is 0.317 e. The van der Waals surface area contributed by atoms with E-state index in [0.717, 1.165) is 0 Å². The molecule has 7 heteroatoms. The summed E-state index contributed by atoms with van der Waals surface area (Å²) in [5.41, 5.74) is 1.53. The molecule has 2 heterocycles. The van der Waals surface area contributed by atoms with Crippen LogP contribution in [0.2, 0.25) is 0 Å². The Kier molecular flexibility index (Phi) is 5.05. The number of Topliss-reactive ketones (excluding diaryl/α,β-unsaturated/α-hetero) is 1. The molecule has 0 saturated heterocycles. The maximum atomic E-state index is 13.5. The van der Waals surface area contributed by atoms with Crippen LogP contribution in [0.4, 0.5) is 4.39 Å². The van der Waals surface area contributed by atoms with Crippen molar-refractivity contribution in [1.82, 2.24) is 5.32 Å². The molecule has 0 unspecified atom stereocenters. The van der Waals surface area contributed by atoms with Gasteiger partial charge in [-0.3, -0.25) is 14.4 Å². The van der Waals surface area contributed by atoms with Crippen LogP contribution in [0.5, 0.6) is 0 Å². The summed E-state index contributed by atoms with van der Waals surface area (Å²) in [6.45, 7) is 1.83. The minimum atomic E-state index is -1.06. The van der Waals surface area contributed by atoms with E-state index in [-0.39, 0.29) is 31.1 Å². The average Bonchev–Trinajstić information content (AvgIpc) is 3.22. The molecule has 6 nitrogen and oxygen atoms in total. The molecule has 0 spiro atoms. The summed E-state index contributed by atoms with van der Waals surface area (Å²) in [6, 6.07) is 9.11. The first kappa shape index (κ1) is 19.1. The van der Waals surface area contributed by atoms with Crippen LogP contribution < -0.4 is 5.32 Å². The Morgan fingerprint density at radius 3 is 2.62 bits per heavy atom. The highest BCUT2D eigenvalue weighted by atomic mass is 19.1. The van der Waals surface area contributed by atoms with Gasteiger partial charge >= 0.3 is 5.97 Å². The van der Waals surface area contributed by atoms with Gasteiger partial charge in [0.1, 0.15) is 17.5 Å². The predicted octanol–water partition coefficient (Wildman–Crippen LogP) is 3.21. The molecule has 2 aliphatic rings. The van der Waals surface area contributed by atoms with E-state index in [1.807, 2.05) is 0 Å². The van der Waals surface area contributed by atoms with Crippen molar-refractivity contribution in [3.05, 3.63) is 71.1 Å². The number of hydrogen-bond donors (Lipinski definition) is 1. The Morgan fingerprint density at radius 2 is 1.97 bits per heavy atom. The Labute approximate surface area is 166 Å². The summed E-state index contributed by atoms with van der Waals surface area (Å²) >= 11 is 0. The summed E-state index contributed by atoms with van der Waals surface area (Å²) in [7, 11) is 0. The highest BCUT2D eigenvalue weighted by Crippen LogP contribution is 2.45. The number of carbonyl (C=O) groups excluding carboxylic acids is 3.